The van der Waals surface area contributed by atoms with Gasteiger partial charge < -0.3 is 9.08 Å². The van der Waals surface area contributed by atoms with Gasteiger partial charge in [-0.15, -0.1) is 0 Å². The number of anilines is 1. The molecule has 1 aliphatic heterocycles. The first-order valence-corrected chi connectivity index (χ1v) is 13.5. The number of benzene rings is 3. The maximum Gasteiger partial charge on any atom is 0.534 e. The number of β-lactam (4-membered cyclic amide) rings is 1. The Labute approximate surface area is 225 Å². The number of amides is 1. The number of hydrogen-bond donors (Lipinski definition) is 0. The summed E-state index contributed by atoms with van der Waals surface area (Å²) >= 11 is 0. The van der Waals surface area contributed by atoms with Crippen LogP contribution in [-0.4, -0.2) is 25.6 Å². The number of hydrogen-bond acceptors (Lipinski definition) is 5. The second kappa shape index (κ2) is 13.4. The van der Waals surface area contributed by atoms with Crippen LogP contribution in [0, 0.1) is 12.7 Å². The Bertz CT molecular complexity index is 1360. The number of Topliss-reactive ketones (excluding diaryl/α,β-unsaturated/α-hetero) is 1. The van der Waals surface area contributed by atoms with E-state index < -0.39 is 21.4 Å². The van der Waals surface area contributed by atoms with Crippen molar-refractivity contribution in [2.75, 3.05) is 4.90 Å². The zero-order valence-corrected chi connectivity index (χ0v) is 22.6. The van der Waals surface area contributed by atoms with Gasteiger partial charge in [-0.2, -0.15) is 21.6 Å². The smallest absolute Gasteiger partial charge is 0.376 e. The van der Waals surface area contributed by atoms with Crippen LogP contribution in [-0.2, 0) is 14.9 Å². The normalized spacial score (nSPS) is 14.7. The van der Waals surface area contributed by atoms with Gasteiger partial charge in [0.1, 0.15) is 11.6 Å². The Balaban J connectivity index is 0.000000343. The van der Waals surface area contributed by atoms with Crippen LogP contribution in [0.3, 0.4) is 0 Å². The molecule has 1 saturated heterocycles. The third-order valence-corrected chi connectivity index (χ3v) is 6.48. The highest BCUT2D eigenvalue weighted by atomic mass is 32.2. The monoisotopic (exact) mass is 567 g/mol. The Kier molecular flexibility index (Phi) is 10.8. The molecule has 1 unspecified atom stereocenters. The minimum Gasteiger partial charge on any atom is -0.376 e. The summed E-state index contributed by atoms with van der Waals surface area (Å²) in [5.74, 6) is -0.874. The molecule has 0 bridgehead atoms. The van der Waals surface area contributed by atoms with Crippen molar-refractivity contribution in [1.82, 2.24) is 0 Å². The molecule has 0 N–H and O–H groups in total. The van der Waals surface area contributed by atoms with Crippen LogP contribution < -0.4 is 9.08 Å². The molecule has 1 fully saturated rings. The van der Waals surface area contributed by atoms with Gasteiger partial charge in [-0.05, 0) is 61.0 Å². The highest BCUT2D eigenvalue weighted by Crippen LogP contribution is 2.39. The standard InChI is InChI=1S/C17H14F3NO4S.C9H9FO.C2H6/c1-11-2-4-12(5-3-11)15-10-16(22)21(15)13-6-8-14(9-7-13)25-26(23,24)17(18,19)20;1-2-9(11)7-3-5-8(10)6-4-7;1-2/h2-9,15H,10H2,1H3;3-6H,2H2,1H3;1-2H3. The molecule has 39 heavy (non-hydrogen) atoms. The van der Waals surface area contributed by atoms with E-state index >= 15 is 0 Å². The molecule has 0 aliphatic carbocycles. The van der Waals surface area contributed by atoms with E-state index in [1.54, 1.807) is 6.92 Å². The van der Waals surface area contributed by atoms with E-state index in [2.05, 4.69) is 4.18 Å². The van der Waals surface area contributed by atoms with Crippen LogP contribution in [0.15, 0.2) is 72.8 Å². The number of nitrogens with zero attached hydrogens (tertiary/aromatic N) is 1. The highest BCUT2D eigenvalue weighted by molar-refractivity contribution is 7.88. The lowest BCUT2D eigenvalue weighted by Crippen LogP contribution is -2.46. The molecule has 1 amide bonds. The molecule has 3 aromatic carbocycles. The van der Waals surface area contributed by atoms with Crippen molar-refractivity contribution in [3.05, 3.63) is 95.3 Å². The van der Waals surface area contributed by atoms with Crippen molar-refractivity contribution in [2.24, 2.45) is 0 Å². The first-order valence-electron chi connectivity index (χ1n) is 12.1. The maximum atomic E-state index is 12.3. The van der Waals surface area contributed by atoms with Gasteiger partial charge in [0.2, 0.25) is 5.91 Å². The predicted octanol–water partition coefficient (Wildman–Crippen LogP) is 7.15. The fourth-order valence-electron chi connectivity index (χ4n) is 3.47. The molecule has 0 saturated carbocycles. The molecule has 3 aromatic rings. The van der Waals surface area contributed by atoms with Gasteiger partial charge in [0, 0.05) is 17.7 Å². The highest BCUT2D eigenvalue weighted by Gasteiger charge is 2.48. The lowest BCUT2D eigenvalue weighted by atomic mass is 9.92. The van der Waals surface area contributed by atoms with Crippen LogP contribution in [0.25, 0.3) is 0 Å². The molecule has 6 nitrogen and oxygen atoms in total. The van der Waals surface area contributed by atoms with E-state index in [4.69, 9.17) is 0 Å². The molecule has 1 atom stereocenters. The molecule has 0 radical (unpaired) electrons. The van der Waals surface area contributed by atoms with Gasteiger partial charge in [-0.3, -0.25) is 9.59 Å². The van der Waals surface area contributed by atoms with Gasteiger partial charge in [0.15, 0.2) is 5.78 Å². The molecule has 210 valence electrons. The quantitative estimate of drug-likeness (QED) is 0.104. The second-order valence-corrected chi connectivity index (χ2v) is 9.69. The van der Waals surface area contributed by atoms with Crippen molar-refractivity contribution in [3.8, 4) is 5.75 Å². The fourth-order valence-corrected chi connectivity index (χ4v) is 3.93. The molecular weight excluding hydrogens is 538 g/mol. The lowest BCUT2D eigenvalue weighted by Gasteiger charge is -2.40. The van der Waals surface area contributed by atoms with Gasteiger partial charge >= 0.3 is 15.6 Å². The second-order valence-electron chi connectivity index (χ2n) is 8.16. The zero-order valence-electron chi connectivity index (χ0n) is 21.8. The summed E-state index contributed by atoms with van der Waals surface area (Å²) in [6.07, 6.45) is 0.787. The summed E-state index contributed by atoms with van der Waals surface area (Å²) in [7, 11) is -5.72. The number of carbonyl (C=O) groups is 2. The van der Waals surface area contributed by atoms with Crippen molar-refractivity contribution < 1.29 is 39.8 Å². The molecule has 1 heterocycles. The van der Waals surface area contributed by atoms with Crippen LogP contribution >= 0.6 is 0 Å². The third kappa shape index (κ3) is 8.13. The number of carbonyl (C=O) groups excluding carboxylic acids is 2. The molecule has 0 spiro atoms. The van der Waals surface area contributed by atoms with Crippen LogP contribution in [0.1, 0.15) is 61.1 Å². The largest absolute Gasteiger partial charge is 0.534 e. The SMILES string of the molecule is CC.CCC(=O)c1ccc(F)cc1.Cc1ccc(C2CC(=O)N2c2ccc(OS(=O)(=O)C(F)(F)F)cc2)cc1. The maximum absolute atomic E-state index is 12.3. The van der Waals surface area contributed by atoms with Crippen LogP contribution in [0.5, 0.6) is 5.75 Å². The van der Waals surface area contributed by atoms with E-state index in [9.17, 15) is 35.6 Å². The van der Waals surface area contributed by atoms with Crippen molar-refractivity contribution in [2.45, 2.75) is 52.1 Å². The minimum absolute atomic E-state index is 0.0463. The van der Waals surface area contributed by atoms with Crippen LogP contribution in [0.2, 0.25) is 0 Å². The summed E-state index contributed by atoms with van der Waals surface area (Å²) < 4.78 is 75.4. The third-order valence-electron chi connectivity index (χ3n) is 5.50. The molecule has 1 aliphatic rings. The first kappa shape index (κ1) is 31.5. The Morgan fingerprint density at radius 3 is 1.95 bits per heavy atom. The number of aryl methyl sites for hydroxylation is 1. The van der Waals surface area contributed by atoms with E-state index in [-0.39, 0.29) is 23.5 Å². The number of halogens is 4. The zero-order chi connectivity index (χ0) is 29.4. The molecule has 4 rings (SSSR count). The number of alkyl halides is 3. The van der Waals surface area contributed by atoms with E-state index in [0.29, 0.717) is 24.1 Å². The van der Waals surface area contributed by atoms with Gasteiger partial charge in [0.05, 0.1) is 12.5 Å². The van der Waals surface area contributed by atoms with Gasteiger partial charge in [-0.1, -0.05) is 50.6 Å². The topological polar surface area (TPSA) is 80.8 Å². The van der Waals surface area contributed by atoms with Crippen molar-refractivity contribution >= 4 is 27.5 Å². The van der Waals surface area contributed by atoms with Gasteiger partial charge in [-0.25, -0.2) is 4.39 Å². The molecular formula is C28H29F4NO5S. The Morgan fingerprint density at radius 1 is 0.949 bits per heavy atom. The Hall–Kier alpha value is -3.73. The molecule has 0 aromatic heterocycles. The average Bonchev–Trinajstić information content (AvgIpc) is 2.90. The average molecular weight is 568 g/mol. The summed E-state index contributed by atoms with van der Waals surface area (Å²) in [6.45, 7) is 7.73. The number of ketones is 1. The van der Waals surface area contributed by atoms with Crippen molar-refractivity contribution in [3.63, 3.8) is 0 Å². The predicted molar refractivity (Wildman–Crippen MR) is 140 cm³/mol. The lowest BCUT2D eigenvalue weighted by molar-refractivity contribution is -0.124. The summed E-state index contributed by atoms with van der Waals surface area (Å²) in [5, 5.41) is 0. The fraction of sp³-hybridized carbons (Fsp3) is 0.286. The summed E-state index contributed by atoms with van der Waals surface area (Å²) in [4.78, 5) is 24.5. The van der Waals surface area contributed by atoms with E-state index in [1.807, 2.05) is 45.0 Å². The minimum atomic E-state index is -5.72. The molecule has 11 heteroatoms. The van der Waals surface area contributed by atoms with E-state index in [1.165, 1.54) is 41.3 Å². The summed E-state index contributed by atoms with van der Waals surface area (Å²) in [6, 6.07) is 17.9. The van der Waals surface area contributed by atoms with Crippen molar-refractivity contribution in [1.29, 1.82) is 0 Å². The van der Waals surface area contributed by atoms with E-state index in [0.717, 1.165) is 23.3 Å². The first-order chi connectivity index (χ1) is 18.3. The Morgan fingerprint density at radius 2 is 1.49 bits per heavy atom. The van der Waals surface area contributed by atoms with Gasteiger partial charge in [0.25, 0.3) is 0 Å². The summed E-state index contributed by atoms with van der Waals surface area (Å²) in [5.41, 5.74) is -2.46. The van der Waals surface area contributed by atoms with Crippen LogP contribution in [0.4, 0.5) is 23.2 Å². The number of rotatable bonds is 6.